The number of ether oxygens (including phenoxy) is 1. The van der Waals surface area contributed by atoms with Crippen LogP contribution in [0.15, 0.2) is 24.3 Å². The minimum absolute atomic E-state index is 0.108. The zero-order chi connectivity index (χ0) is 10.8. The fourth-order valence-electron chi connectivity index (χ4n) is 1.85. The quantitative estimate of drug-likeness (QED) is 0.766. The average molecular weight is 208 g/mol. The SMILES string of the molecule is O=C(O)C1COCC1c1ccc(O)cc1. The molecule has 2 N–H and O–H groups in total. The van der Waals surface area contributed by atoms with E-state index in [1.54, 1.807) is 24.3 Å². The number of carboxylic acid groups (broad SMARTS) is 1. The van der Waals surface area contributed by atoms with Gasteiger partial charge in [-0.1, -0.05) is 12.1 Å². The van der Waals surface area contributed by atoms with Crippen molar-refractivity contribution in [3.63, 3.8) is 0 Å². The Morgan fingerprint density at radius 1 is 1.27 bits per heavy atom. The predicted octanol–water partition coefficient (Wildman–Crippen LogP) is 1.21. The number of phenols is 1. The van der Waals surface area contributed by atoms with Gasteiger partial charge in [-0.3, -0.25) is 4.79 Å². The molecule has 0 aliphatic carbocycles. The van der Waals surface area contributed by atoms with Gasteiger partial charge in [0.2, 0.25) is 0 Å². The molecule has 1 heterocycles. The predicted molar refractivity (Wildman–Crippen MR) is 52.8 cm³/mol. The topological polar surface area (TPSA) is 66.8 Å². The van der Waals surface area contributed by atoms with Crippen molar-refractivity contribution in [2.75, 3.05) is 13.2 Å². The van der Waals surface area contributed by atoms with E-state index < -0.39 is 11.9 Å². The van der Waals surface area contributed by atoms with Crippen LogP contribution in [0.1, 0.15) is 11.5 Å². The maximum Gasteiger partial charge on any atom is 0.309 e. The minimum atomic E-state index is -0.828. The number of carboxylic acids is 1. The molecule has 0 bridgehead atoms. The van der Waals surface area contributed by atoms with Crippen molar-refractivity contribution in [1.29, 1.82) is 0 Å². The van der Waals surface area contributed by atoms with E-state index in [0.29, 0.717) is 6.61 Å². The van der Waals surface area contributed by atoms with Crippen molar-refractivity contribution in [2.24, 2.45) is 5.92 Å². The molecule has 0 radical (unpaired) electrons. The molecular weight excluding hydrogens is 196 g/mol. The van der Waals surface area contributed by atoms with Crippen LogP contribution >= 0.6 is 0 Å². The first-order valence-electron chi connectivity index (χ1n) is 4.78. The Morgan fingerprint density at radius 3 is 2.53 bits per heavy atom. The van der Waals surface area contributed by atoms with Gasteiger partial charge in [0, 0.05) is 5.92 Å². The Bertz CT molecular complexity index is 357. The van der Waals surface area contributed by atoms with E-state index in [9.17, 15) is 4.79 Å². The number of hydrogen-bond acceptors (Lipinski definition) is 3. The number of aliphatic carboxylic acids is 1. The second-order valence-corrected chi connectivity index (χ2v) is 3.68. The number of phenolic OH excluding ortho intramolecular Hbond substituents is 1. The van der Waals surface area contributed by atoms with Gasteiger partial charge in [0.1, 0.15) is 5.75 Å². The van der Waals surface area contributed by atoms with Crippen LogP contribution in [-0.2, 0) is 9.53 Å². The summed E-state index contributed by atoms with van der Waals surface area (Å²) in [5.41, 5.74) is 0.901. The molecule has 0 spiro atoms. The molecular formula is C11H12O4. The summed E-state index contributed by atoms with van der Waals surface area (Å²) in [7, 11) is 0. The highest BCUT2D eigenvalue weighted by molar-refractivity contribution is 5.72. The van der Waals surface area contributed by atoms with E-state index in [2.05, 4.69) is 0 Å². The molecule has 15 heavy (non-hydrogen) atoms. The molecule has 1 aliphatic heterocycles. The van der Waals surface area contributed by atoms with E-state index in [4.69, 9.17) is 14.9 Å². The maximum absolute atomic E-state index is 10.9. The molecule has 1 fully saturated rings. The Kier molecular flexibility index (Phi) is 2.60. The molecule has 2 atom stereocenters. The van der Waals surface area contributed by atoms with Gasteiger partial charge in [-0.25, -0.2) is 0 Å². The Hall–Kier alpha value is -1.55. The molecule has 4 heteroatoms. The van der Waals surface area contributed by atoms with Crippen LogP contribution in [0.4, 0.5) is 0 Å². The van der Waals surface area contributed by atoms with E-state index in [-0.39, 0.29) is 18.3 Å². The molecule has 0 amide bonds. The van der Waals surface area contributed by atoms with E-state index in [1.165, 1.54) is 0 Å². The lowest BCUT2D eigenvalue weighted by molar-refractivity contribution is -0.142. The number of hydrogen-bond donors (Lipinski definition) is 2. The third-order valence-electron chi connectivity index (χ3n) is 2.72. The highest BCUT2D eigenvalue weighted by atomic mass is 16.5. The number of benzene rings is 1. The molecule has 1 aromatic carbocycles. The van der Waals surface area contributed by atoms with Crippen molar-refractivity contribution in [1.82, 2.24) is 0 Å². The van der Waals surface area contributed by atoms with Gasteiger partial charge >= 0.3 is 5.97 Å². The van der Waals surface area contributed by atoms with Gasteiger partial charge in [-0.15, -0.1) is 0 Å². The van der Waals surface area contributed by atoms with Gasteiger partial charge in [-0.05, 0) is 17.7 Å². The molecule has 80 valence electrons. The highest BCUT2D eigenvalue weighted by Gasteiger charge is 2.34. The van der Waals surface area contributed by atoms with Crippen molar-refractivity contribution < 1.29 is 19.7 Å². The molecule has 2 rings (SSSR count). The lowest BCUT2D eigenvalue weighted by atomic mass is 9.89. The maximum atomic E-state index is 10.9. The number of carbonyl (C=O) groups is 1. The molecule has 2 unspecified atom stereocenters. The lowest BCUT2D eigenvalue weighted by Crippen LogP contribution is -2.20. The standard InChI is InChI=1S/C11H12O4/c12-8-3-1-7(2-4-8)9-5-15-6-10(9)11(13)14/h1-4,9-10,12H,5-6H2,(H,13,14). The number of aromatic hydroxyl groups is 1. The first kappa shape index (κ1) is 9.98. The van der Waals surface area contributed by atoms with Crippen molar-refractivity contribution >= 4 is 5.97 Å². The lowest BCUT2D eigenvalue weighted by Gasteiger charge is -2.13. The van der Waals surface area contributed by atoms with E-state index >= 15 is 0 Å². The normalized spacial score (nSPS) is 25.3. The first-order valence-corrected chi connectivity index (χ1v) is 4.78. The summed E-state index contributed by atoms with van der Waals surface area (Å²) >= 11 is 0. The third-order valence-corrected chi connectivity index (χ3v) is 2.72. The Labute approximate surface area is 87.1 Å². The second kappa shape index (κ2) is 3.90. The molecule has 0 saturated carbocycles. The second-order valence-electron chi connectivity index (χ2n) is 3.68. The van der Waals surface area contributed by atoms with E-state index in [1.807, 2.05) is 0 Å². The first-order chi connectivity index (χ1) is 7.18. The zero-order valence-electron chi connectivity index (χ0n) is 8.09. The average Bonchev–Trinajstić information content (AvgIpc) is 2.67. The van der Waals surface area contributed by atoms with Gasteiger partial charge in [0.25, 0.3) is 0 Å². The minimum Gasteiger partial charge on any atom is -0.508 e. The fraction of sp³-hybridized carbons (Fsp3) is 0.364. The summed E-state index contributed by atoms with van der Waals surface area (Å²) in [6, 6.07) is 6.61. The van der Waals surface area contributed by atoms with E-state index in [0.717, 1.165) is 5.56 Å². The summed E-state index contributed by atoms with van der Waals surface area (Å²) in [5.74, 6) is -1.23. The van der Waals surface area contributed by atoms with Crippen LogP contribution in [0, 0.1) is 5.92 Å². The van der Waals surface area contributed by atoms with Gasteiger partial charge in [-0.2, -0.15) is 0 Å². The fourth-order valence-corrected chi connectivity index (χ4v) is 1.85. The van der Waals surface area contributed by atoms with Crippen molar-refractivity contribution in [2.45, 2.75) is 5.92 Å². The van der Waals surface area contributed by atoms with Crippen LogP contribution in [0.5, 0.6) is 5.75 Å². The number of rotatable bonds is 2. The van der Waals surface area contributed by atoms with Gasteiger partial charge in [0.05, 0.1) is 19.1 Å². The monoisotopic (exact) mass is 208 g/mol. The summed E-state index contributed by atoms with van der Waals surface area (Å²) in [6.07, 6.45) is 0. The Morgan fingerprint density at radius 2 is 1.93 bits per heavy atom. The summed E-state index contributed by atoms with van der Waals surface area (Å²) in [4.78, 5) is 10.9. The van der Waals surface area contributed by atoms with Crippen molar-refractivity contribution in [3.8, 4) is 5.75 Å². The van der Waals surface area contributed by atoms with Crippen molar-refractivity contribution in [3.05, 3.63) is 29.8 Å². The molecule has 0 aromatic heterocycles. The molecule has 1 aromatic rings. The van der Waals surface area contributed by atoms with Crippen LogP contribution in [0.25, 0.3) is 0 Å². The van der Waals surface area contributed by atoms with Gasteiger partial charge < -0.3 is 14.9 Å². The third kappa shape index (κ3) is 1.94. The van der Waals surface area contributed by atoms with Crippen LogP contribution < -0.4 is 0 Å². The summed E-state index contributed by atoms with van der Waals surface area (Å²) in [5, 5.41) is 18.1. The van der Waals surface area contributed by atoms with Crippen LogP contribution in [-0.4, -0.2) is 29.4 Å². The molecule has 1 saturated heterocycles. The Balaban J connectivity index is 2.22. The summed E-state index contributed by atoms with van der Waals surface area (Å²) in [6.45, 7) is 0.697. The molecule has 1 aliphatic rings. The highest BCUT2D eigenvalue weighted by Crippen LogP contribution is 2.31. The molecule has 4 nitrogen and oxygen atoms in total. The van der Waals surface area contributed by atoms with Crippen LogP contribution in [0.3, 0.4) is 0 Å². The zero-order valence-corrected chi connectivity index (χ0v) is 8.09. The van der Waals surface area contributed by atoms with Gasteiger partial charge in [0.15, 0.2) is 0 Å². The smallest absolute Gasteiger partial charge is 0.309 e. The largest absolute Gasteiger partial charge is 0.508 e. The summed E-state index contributed by atoms with van der Waals surface area (Å²) < 4.78 is 5.17. The van der Waals surface area contributed by atoms with Crippen LogP contribution in [0.2, 0.25) is 0 Å².